The second kappa shape index (κ2) is 13.0. The summed E-state index contributed by atoms with van der Waals surface area (Å²) in [6, 6.07) is 19.4. The molecule has 0 spiro atoms. The SMILES string of the molecule is CCCCCCCCc1c(-c2ccc(C)cc2C)cc([PH]2=CCCCC2)cc1-c1ccc(C)cc1C. The molecule has 1 heterocycles. The molecule has 36 heavy (non-hydrogen) atoms. The second-order valence-corrected chi connectivity index (χ2v) is 13.7. The molecule has 0 N–H and O–H groups in total. The Hall–Kier alpha value is -2.04. The fourth-order valence-electron chi connectivity index (χ4n) is 6.02. The third-order valence-electron chi connectivity index (χ3n) is 8.04. The van der Waals surface area contributed by atoms with Gasteiger partial charge < -0.3 is 0 Å². The molecule has 3 aromatic rings. The first kappa shape index (κ1) is 27.0. The normalized spacial score (nSPS) is 15.6. The van der Waals surface area contributed by atoms with Gasteiger partial charge in [-0.15, -0.1) is 0 Å². The Morgan fingerprint density at radius 2 is 1.22 bits per heavy atom. The highest BCUT2D eigenvalue weighted by molar-refractivity contribution is 7.65. The van der Waals surface area contributed by atoms with Gasteiger partial charge in [0.05, 0.1) is 0 Å². The zero-order valence-electron chi connectivity index (χ0n) is 23.5. The van der Waals surface area contributed by atoms with Crippen LogP contribution < -0.4 is 5.30 Å². The Balaban J connectivity index is 1.87. The van der Waals surface area contributed by atoms with E-state index in [1.165, 1.54) is 115 Å². The highest BCUT2D eigenvalue weighted by Crippen LogP contribution is 2.40. The summed E-state index contributed by atoms with van der Waals surface area (Å²) in [5.74, 6) is 2.69. The van der Waals surface area contributed by atoms with Crippen LogP contribution in [0.25, 0.3) is 22.3 Å². The minimum Gasteiger partial charge on any atom is -0.0937 e. The van der Waals surface area contributed by atoms with E-state index in [0.717, 1.165) is 0 Å². The van der Waals surface area contributed by atoms with Gasteiger partial charge >= 0.3 is 0 Å². The second-order valence-electron chi connectivity index (χ2n) is 11.2. The predicted octanol–water partition coefficient (Wildman–Crippen LogP) is 9.98. The van der Waals surface area contributed by atoms with Crippen LogP contribution in [0.5, 0.6) is 0 Å². The van der Waals surface area contributed by atoms with Gasteiger partial charge in [-0.25, -0.2) is 0 Å². The Morgan fingerprint density at radius 3 is 1.75 bits per heavy atom. The van der Waals surface area contributed by atoms with Gasteiger partial charge in [0.25, 0.3) is 0 Å². The first-order valence-electron chi connectivity index (χ1n) is 14.5. The summed E-state index contributed by atoms with van der Waals surface area (Å²) in [6.45, 7) is 11.4. The molecule has 1 heteroatoms. The van der Waals surface area contributed by atoms with E-state index in [-0.39, 0.29) is 0 Å². The maximum Gasteiger partial charge on any atom is -0.0137 e. The predicted molar refractivity (Wildman–Crippen MR) is 166 cm³/mol. The third kappa shape index (κ3) is 6.63. The highest BCUT2D eigenvalue weighted by atomic mass is 31.1. The molecule has 0 amide bonds. The van der Waals surface area contributed by atoms with Crippen LogP contribution in [-0.2, 0) is 6.42 Å². The largest absolute Gasteiger partial charge is 0.0937 e. The number of hydrogen-bond donors (Lipinski definition) is 0. The van der Waals surface area contributed by atoms with Crippen molar-refractivity contribution in [3.8, 4) is 22.3 Å². The molecule has 3 aromatic carbocycles. The fraction of sp³-hybridized carbons (Fsp3) is 0.457. The molecule has 1 unspecified atom stereocenters. The first-order valence-corrected chi connectivity index (χ1v) is 16.3. The van der Waals surface area contributed by atoms with Crippen LogP contribution in [0.3, 0.4) is 0 Å². The van der Waals surface area contributed by atoms with Crippen LogP contribution in [0.15, 0.2) is 48.5 Å². The zero-order chi connectivity index (χ0) is 25.5. The van der Waals surface area contributed by atoms with Gasteiger partial charge in [-0.1, -0.05) is 99.9 Å². The van der Waals surface area contributed by atoms with Crippen LogP contribution >= 0.6 is 7.55 Å². The number of hydrogen-bond acceptors (Lipinski definition) is 0. The van der Waals surface area contributed by atoms with Crippen LogP contribution in [0, 0.1) is 27.7 Å². The smallest absolute Gasteiger partial charge is 0.0137 e. The molecule has 1 atom stereocenters. The first-order chi connectivity index (χ1) is 17.5. The van der Waals surface area contributed by atoms with Gasteiger partial charge in [0, 0.05) is 0 Å². The van der Waals surface area contributed by atoms with Crippen LogP contribution in [0.2, 0.25) is 0 Å². The van der Waals surface area contributed by atoms with Crippen molar-refractivity contribution in [1.29, 1.82) is 0 Å². The Bertz CT molecular complexity index is 1140. The van der Waals surface area contributed by atoms with Crippen LogP contribution in [0.1, 0.15) is 92.5 Å². The minimum atomic E-state index is -0.601. The van der Waals surface area contributed by atoms with E-state index in [9.17, 15) is 0 Å². The molecule has 0 nitrogen and oxygen atoms in total. The Kier molecular flexibility index (Phi) is 9.73. The number of aryl methyl sites for hydroxylation is 4. The van der Waals surface area contributed by atoms with Crippen LogP contribution in [-0.4, -0.2) is 12.0 Å². The molecule has 0 aliphatic carbocycles. The fourth-order valence-corrected chi connectivity index (χ4v) is 8.59. The highest BCUT2D eigenvalue weighted by Gasteiger charge is 2.18. The van der Waals surface area contributed by atoms with E-state index >= 15 is 0 Å². The van der Waals surface area contributed by atoms with E-state index in [1.807, 2.05) is 0 Å². The molecule has 4 rings (SSSR count). The van der Waals surface area contributed by atoms with E-state index in [1.54, 1.807) is 10.9 Å². The molecule has 0 aromatic heterocycles. The zero-order valence-corrected chi connectivity index (χ0v) is 24.5. The van der Waals surface area contributed by atoms with Crippen LogP contribution in [0.4, 0.5) is 0 Å². The minimum absolute atomic E-state index is 0.601. The summed E-state index contributed by atoms with van der Waals surface area (Å²) in [7, 11) is -0.601. The lowest BCUT2D eigenvalue weighted by Gasteiger charge is -2.23. The summed E-state index contributed by atoms with van der Waals surface area (Å²) in [5.41, 5.74) is 13.0. The lowest BCUT2D eigenvalue weighted by molar-refractivity contribution is 0.608. The van der Waals surface area contributed by atoms with Gasteiger partial charge in [0.15, 0.2) is 0 Å². The van der Waals surface area contributed by atoms with Crippen molar-refractivity contribution in [1.82, 2.24) is 0 Å². The summed E-state index contributed by atoms with van der Waals surface area (Å²) < 4.78 is 0. The molecule has 0 radical (unpaired) electrons. The van der Waals surface area contributed by atoms with Crippen molar-refractivity contribution in [3.05, 3.63) is 76.3 Å². The molecule has 192 valence electrons. The molecule has 0 bridgehead atoms. The molecule has 0 saturated heterocycles. The van der Waals surface area contributed by atoms with Gasteiger partial charge in [-0.3, -0.25) is 0 Å². The van der Waals surface area contributed by atoms with Crippen molar-refractivity contribution in [2.75, 3.05) is 6.16 Å². The summed E-state index contributed by atoms with van der Waals surface area (Å²) in [5, 5.41) is 1.62. The third-order valence-corrected chi connectivity index (χ3v) is 10.7. The molecule has 1 aliphatic heterocycles. The molecular weight excluding hydrogens is 451 g/mol. The molecular formula is C35H47P. The van der Waals surface area contributed by atoms with Gasteiger partial charge in [0.2, 0.25) is 0 Å². The molecule has 1 aliphatic rings. The number of rotatable bonds is 10. The Labute approximate surface area is 222 Å². The van der Waals surface area contributed by atoms with Crippen molar-refractivity contribution in [2.24, 2.45) is 0 Å². The van der Waals surface area contributed by atoms with E-state index < -0.39 is 7.55 Å². The maximum absolute atomic E-state index is 2.69. The average Bonchev–Trinajstić information content (AvgIpc) is 2.87. The van der Waals surface area contributed by atoms with Crippen molar-refractivity contribution in [3.63, 3.8) is 0 Å². The molecule has 0 fully saturated rings. The average molecular weight is 499 g/mol. The number of benzene rings is 3. The van der Waals surface area contributed by atoms with Crippen molar-refractivity contribution < 1.29 is 0 Å². The Morgan fingerprint density at radius 1 is 0.639 bits per heavy atom. The standard InChI is InChI=1S/C35H47P/c1-6-7-8-9-10-12-15-33-34(31-18-16-26(2)22-28(31)4)24-30(36-20-13-11-14-21-36)25-35(33)32-19-17-27(3)23-29(32)5/h16-20,22-25,36H,6-15,21H2,1-5H3. The van der Waals surface area contributed by atoms with E-state index in [0.29, 0.717) is 0 Å². The lowest BCUT2D eigenvalue weighted by Crippen LogP contribution is -2.09. The summed E-state index contributed by atoms with van der Waals surface area (Å²) in [6.07, 6.45) is 14.7. The summed E-state index contributed by atoms with van der Waals surface area (Å²) >= 11 is 0. The number of unbranched alkanes of at least 4 members (excludes halogenated alkanes) is 5. The van der Waals surface area contributed by atoms with Gasteiger partial charge in [-0.2, -0.15) is 0 Å². The van der Waals surface area contributed by atoms with Crippen molar-refractivity contribution >= 4 is 18.6 Å². The quantitative estimate of drug-likeness (QED) is 0.193. The van der Waals surface area contributed by atoms with E-state index in [2.05, 4.69) is 88.9 Å². The van der Waals surface area contributed by atoms with Crippen molar-refractivity contribution in [2.45, 2.75) is 98.8 Å². The monoisotopic (exact) mass is 498 g/mol. The van der Waals surface area contributed by atoms with E-state index in [4.69, 9.17) is 0 Å². The van der Waals surface area contributed by atoms with Gasteiger partial charge in [0.1, 0.15) is 0 Å². The lowest BCUT2D eigenvalue weighted by atomic mass is 9.85. The maximum atomic E-state index is 2.69. The summed E-state index contributed by atoms with van der Waals surface area (Å²) in [4.78, 5) is 0. The molecule has 0 saturated carbocycles. The topological polar surface area (TPSA) is 0 Å². The van der Waals surface area contributed by atoms with Gasteiger partial charge in [-0.05, 0) is 122 Å².